The quantitative estimate of drug-likeness (QED) is 0.582. The van der Waals surface area contributed by atoms with Crippen LogP contribution >= 0.6 is 0 Å². The summed E-state index contributed by atoms with van der Waals surface area (Å²) >= 11 is 0. The first-order valence-corrected chi connectivity index (χ1v) is 5.98. The predicted octanol–water partition coefficient (Wildman–Crippen LogP) is 2.37. The minimum Gasteiger partial charge on any atom is -0.382 e. The number of rotatable bonds is 3. The second kappa shape index (κ2) is 4.61. The normalized spacial score (nSPS) is 10.7. The highest BCUT2D eigenvalue weighted by molar-refractivity contribution is 5.79. The summed E-state index contributed by atoms with van der Waals surface area (Å²) in [5.74, 6) is 0. The van der Waals surface area contributed by atoms with E-state index in [0.717, 1.165) is 5.52 Å². The van der Waals surface area contributed by atoms with Gasteiger partial charge in [-0.2, -0.15) is 0 Å². The Hall–Kier alpha value is -2.96. The van der Waals surface area contributed by atoms with E-state index >= 15 is 0 Å². The Morgan fingerprint density at radius 1 is 1.20 bits per heavy atom. The summed E-state index contributed by atoms with van der Waals surface area (Å²) in [7, 11) is 1.64. The highest BCUT2D eigenvalue weighted by atomic mass is 16.6. The van der Waals surface area contributed by atoms with E-state index in [1.807, 2.05) is 24.3 Å². The van der Waals surface area contributed by atoms with Gasteiger partial charge in [0.05, 0.1) is 10.4 Å². The lowest BCUT2D eigenvalue weighted by Gasteiger charge is -2.07. The van der Waals surface area contributed by atoms with E-state index in [1.165, 1.54) is 4.68 Å². The number of hydrogen-bond donors (Lipinski definition) is 1. The first-order valence-electron chi connectivity index (χ1n) is 5.98. The Labute approximate surface area is 114 Å². The molecule has 0 aliphatic rings. The molecule has 1 N–H and O–H groups in total. The van der Waals surface area contributed by atoms with Crippen molar-refractivity contribution in [2.24, 2.45) is 0 Å². The molecule has 0 aliphatic carbocycles. The molecule has 3 rings (SSSR count). The number of nitrogens with one attached hydrogen (secondary N) is 1. The van der Waals surface area contributed by atoms with Crippen LogP contribution in [0, 0.1) is 10.1 Å². The van der Waals surface area contributed by atoms with Gasteiger partial charge in [-0.15, -0.1) is 5.10 Å². The topological polar surface area (TPSA) is 85.9 Å². The van der Waals surface area contributed by atoms with Crippen molar-refractivity contribution in [2.75, 3.05) is 12.4 Å². The third-order valence-corrected chi connectivity index (χ3v) is 3.05. The molecule has 0 atom stereocenters. The fourth-order valence-corrected chi connectivity index (χ4v) is 2.14. The van der Waals surface area contributed by atoms with Gasteiger partial charge in [-0.05, 0) is 24.3 Å². The fraction of sp³-hybridized carbons (Fsp3) is 0.0769. The van der Waals surface area contributed by atoms with Gasteiger partial charge in [-0.25, -0.2) is 4.68 Å². The standard InChI is InChI=1S/C13H11N5O2/c1-14-10-6-4-8-12(13(10)18(19)20)17-11-7-3-2-5-9(11)15-16-17/h2-8,14H,1H3. The zero-order chi connectivity index (χ0) is 14.1. The highest BCUT2D eigenvalue weighted by Crippen LogP contribution is 2.32. The zero-order valence-electron chi connectivity index (χ0n) is 10.6. The summed E-state index contributed by atoms with van der Waals surface area (Å²) in [6.07, 6.45) is 0. The Morgan fingerprint density at radius 2 is 2.00 bits per heavy atom. The molecule has 0 amide bonds. The van der Waals surface area contributed by atoms with Crippen molar-refractivity contribution in [1.82, 2.24) is 15.0 Å². The van der Waals surface area contributed by atoms with Crippen molar-refractivity contribution in [2.45, 2.75) is 0 Å². The molecule has 1 heterocycles. The van der Waals surface area contributed by atoms with Crippen molar-refractivity contribution in [3.05, 3.63) is 52.6 Å². The van der Waals surface area contributed by atoms with Gasteiger partial charge in [-0.3, -0.25) is 10.1 Å². The summed E-state index contributed by atoms with van der Waals surface area (Å²) in [6, 6.07) is 12.4. The Kier molecular flexibility index (Phi) is 2.79. The molecule has 0 unspecified atom stereocenters. The fourth-order valence-electron chi connectivity index (χ4n) is 2.14. The molecule has 0 fully saturated rings. The zero-order valence-corrected chi connectivity index (χ0v) is 10.6. The first-order chi connectivity index (χ1) is 9.72. The molecule has 0 spiro atoms. The SMILES string of the molecule is CNc1cccc(-n2nnc3ccccc32)c1[N+](=O)[O-]. The smallest absolute Gasteiger partial charge is 0.317 e. The number of nitrogens with zero attached hydrogens (tertiary/aromatic N) is 4. The van der Waals surface area contributed by atoms with Gasteiger partial charge in [0.15, 0.2) is 0 Å². The minimum absolute atomic E-state index is 0.0225. The molecule has 0 aliphatic heterocycles. The van der Waals surface area contributed by atoms with Crippen molar-refractivity contribution in [3.8, 4) is 5.69 Å². The van der Waals surface area contributed by atoms with Crippen LogP contribution in [-0.2, 0) is 0 Å². The van der Waals surface area contributed by atoms with Crippen molar-refractivity contribution in [1.29, 1.82) is 0 Å². The molecule has 0 saturated carbocycles. The molecule has 3 aromatic rings. The Bertz CT molecular complexity index is 796. The number of anilines is 1. The third kappa shape index (κ3) is 1.76. The van der Waals surface area contributed by atoms with Gasteiger partial charge in [0.25, 0.3) is 0 Å². The largest absolute Gasteiger partial charge is 0.382 e. The van der Waals surface area contributed by atoms with E-state index in [1.54, 1.807) is 25.2 Å². The van der Waals surface area contributed by atoms with Gasteiger partial charge in [0.1, 0.15) is 16.9 Å². The van der Waals surface area contributed by atoms with Crippen LogP contribution in [0.25, 0.3) is 16.7 Å². The predicted molar refractivity (Wildman–Crippen MR) is 75.1 cm³/mol. The summed E-state index contributed by atoms with van der Waals surface area (Å²) in [6.45, 7) is 0. The van der Waals surface area contributed by atoms with E-state index in [2.05, 4.69) is 15.6 Å². The van der Waals surface area contributed by atoms with Crippen LogP contribution < -0.4 is 5.32 Å². The van der Waals surface area contributed by atoms with E-state index in [9.17, 15) is 10.1 Å². The molecular weight excluding hydrogens is 258 g/mol. The van der Waals surface area contributed by atoms with E-state index in [0.29, 0.717) is 16.9 Å². The average Bonchev–Trinajstić information content (AvgIpc) is 2.90. The summed E-state index contributed by atoms with van der Waals surface area (Å²) in [5, 5.41) is 22.2. The van der Waals surface area contributed by atoms with Crippen LogP contribution in [0.3, 0.4) is 0 Å². The van der Waals surface area contributed by atoms with Gasteiger partial charge < -0.3 is 5.32 Å². The second-order valence-electron chi connectivity index (χ2n) is 4.17. The Morgan fingerprint density at radius 3 is 2.75 bits per heavy atom. The lowest BCUT2D eigenvalue weighted by atomic mass is 10.2. The number of fused-ring (bicyclic) bond motifs is 1. The molecule has 2 aromatic carbocycles. The number of aromatic nitrogens is 3. The van der Waals surface area contributed by atoms with E-state index in [4.69, 9.17) is 0 Å². The molecule has 0 radical (unpaired) electrons. The summed E-state index contributed by atoms with van der Waals surface area (Å²) in [5.41, 5.74) is 2.22. The Balaban J connectivity index is 2.32. The minimum atomic E-state index is -0.419. The lowest BCUT2D eigenvalue weighted by molar-refractivity contribution is -0.383. The number of hydrogen-bond acceptors (Lipinski definition) is 5. The lowest BCUT2D eigenvalue weighted by Crippen LogP contribution is -2.04. The third-order valence-electron chi connectivity index (χ3n) is 3.05. The number of para-hydroxylation sites is 2. The first kappa shape index (κ1) is 12.1. The molecule has 0 saturated heterocycles. The van der Waals surface area contributed by atoms with E-state index < -0.39 is 4.92 Å². The average molecular weight is 269 g/mol. The number of nitro groups is 1. The van der Waals surface area contributed by atoms with Crippen molar-refractivity contribution < 1.29 is 4.92 Å². The molecule has 100 valence electrons. The van der Waals surface area contributed by atoms with E-state index in [-0.39, 0.29) is 5.69 Å². The van der Waals surface area contributed by atoms with Gasteiger partial charge >= 0.3 is 5.69 Å². The van der Waals surface area contributed by atoms with Crippen molar-refractivity contribution >= 4 is 22.4 Å². The van der Waals surface area contributed by atoms with Crippen LogP contribution in [0.2, 0.25) is 0 Å². The van der Waals surface area contributed by atoms with Gasteiger partial charge in [0, 0.05) is 7.05 Å². The van der Waals surface area contributed by atoms with Gasteiger partial charge in [-0.1, -0.05) is 23.4 Å². The van der Waals surface area contributed by atoms with Crippen LogP contribution in [0.1, 0.15) is 0 Å². The molecule has 0 bridgehead atoms. The number of nitro benzene ring substituents is 1. The van der Waals surface area contributed by atoms with Gasteiger partial charge in [0.2, 0.25) is 0 Å². The van der Waals surface area contributed by atoms with Crippen LogP contribution in [-0.4, -0.2) is 27.0 Å². The molecule has 7 heteroatoms. The van der Waals surface area contributed by atoms with Crippen molar-refractivity contribution in [3.63, 3.8) is 0 Å². The molecular formula is C13H11N5O2. The maximum atomic E-state index is 11.3. The second-order valence-corrected chi connectivity index (χ2v) is 4.17. The van der Waals surface area contributed by atoms with Crippen LogP contribution in [0.4, 0.5) is 11.4 Å². The van der Waals surface area contributed by atoms with Crippen LogP contribution in [0.15, 0.2) is 42.5 Å². The molecule has 7 nitrogen and oxygen atoms in total. The molecule has 1 aromatic heterocycles. The maximum Gasteiger partial charge on any atom is 0.317 e. The maximum absolute atomic E-state index is 11.3. The number of benzene rings is 2. The summed E-state index contributed by atoms with van der Waals surface area (Å²) < 4.78 is 1.48. The highest BCUT2D eigenvalue weighted by Gasteiger charge is 2.22. The molecule has 20 heavy (non-hydrogen) atoms. The monoisotopic (exact) mass is 269 g/mol. The van der Waals surface area contributed by atoms with Crippen LogP contribution in [0.5, 0.6) is 0 Å². The summed E-state index contributed by atoms with van der Waals surface area (Å²) in [4.78, 5) is 10.9.